The molecule has 2 aliphatic carbocycles. The molecule has 1 saturated carbocycles. The van der Waals surface area contributed by atoms with Gasteiger partial charge in [-0.15, -0.1) is 0 Å². The van der Waals surface area contributed by atoms with Gasteiger partial charge in [-0.1, -0.05) is 60.7 Å². The van der Waals surface area contributed by atoms with Crippen LogP contribution >= 0.6 is 0 Å². The molecule has 2 amide bonds. The molecule has 0 saturated heterocycles. The molecule has 1 aliphatic heterocycles. The van der Waals surface area contributed by atoms with E-state index in [9.17, 15) is 19.5 Å². The van der Waals surface area contributed by atoms with Crippen LogP contribution in [0.3, 0.4) is 0 Å². The van der Waals surface area contributed by atoms with Crippen molar-refractivity contribution in [1.29, 1.82) is 0 Å². The number of aryl methyl sites for hydroxylation is 1. The van der Waals surface area contributed by atoms with Crippen molar-refractivity contribution >= 4 is 17.6 Å². The third-order valence-electron chi connectivity index (χ3n) is 10.0. The molecular formula is C42H41NO7. The van der Waals surface area contributed by atoms with E-state index in [1.165, 1.54) is 22.3 Å². The van der Waals surface area contributed by atoms with Crippen LogP contribution in [0.5, 0.6) is 17.2 Å². The third-order valence-corrected chi connectivity index (χ3v) is 10.0. The number of nitrogens with zero attached hydrogens (tertiary/aromatic N) is 1. The lowest BCUT2D eigenvalue weighted by atomic mass is 9.69. The van der Waals surface area contributed by atoms with Gasteiger partial charge in [0, 0.05) is 25.4 Å². The number of amides is 2. The van der Waals surface area contributed by atoms with Gasteiger partial charge in [0.25, 0.3) is 11.8 Å². The second-order valence-corrected chi connectivity index (χ2v) is 13.3. The molecule has 4 aromatic rings. The van der Waals surface area contributed by atoms with Gasteiger partial charge in [0.2, 0.25) is 0 Å². The topological polar surface area (TPSA) is 102 Å². The Bertz CT molecular complexity index is 1900. The Labute approximate surface area is 292 Å². The zero-order valence-electron chi connectivity index (χ0n) is 28.0. The Balaban J connectivity index is 0.862. The van der Waals surface area contributed by atoms with Crippen molar-refractivity contribution in [2.45, 2.75) is 56.4 Å². The molecule has 7 rings (SSSR count). The molecule has 1 N–H and O–H groups in total. The minimum Gasteiger partial charge on any atom is -0.508 e. The number of aromatic hydroxyl groups is 1. The van der Waals surface area contributed by atoms with Gasteiger partial charge in [0.1, 0.15) is 23.9 Å². The molecule has 256 valence electrons. The second-order valence-electron chi connectivity index (χ2n) is 13.3. The maximum Gasteiger partial charge on any atom is 0.262 e. The quantitative estimate of drug-likeness (QED) is 0.0952. The summed E-state index contributed by atoms with van der Waals surface area (Å²) in [5, 5.41) is 10.1. The number of imide groups is 1. The van der Waals surface area contributed by atoms with Crippen LogP contribution in [0.15, 0.2) is 103 Å². The van der Waals surface area contributed by atoms with Crippen molar-refractivity contribution < 1.29 is 33.7 Å². The van der Waals surface area contributed by atoms with Crippen LogP contribution in [0.4, 0.5) is 0 Å². The van der Waals surface area contributed by atoms with E-state index in [0.717, 1.165) is 29.1 Å². The number of allylic oxidation sites excluding steroid dienone is 1. The highest BCUT2D eigenvalue weighted by Gasteiger charge is 2.43. The molecule has 8 nitrogen and oxygen atoms in total. The van der Waals surface area contributed by atoms with Crippen LogP contribution < -0.4 is 9.47 Å². The van der Waals surface area contributed by atoms with Crippen molar-refractivity contribution in [3.63, 3.8) is 0 Å². The summed E-state index contributed by atoms with van der Waals surface area (Å²) < 4.78 is 17.6. The van der Waals surface area contributed by atoms with Crippen molar-refractivity contribution in [3.05, 3.63) is 137 Å². The van der Waals surface area contributed by atoms with E-state index in [1.807, 2.05) is 18.2 Å². The van der Waals surface area contributed by atoms with Gasteiger partial charge < -0.3 is 19.3 Å². The molecular weight excluding hydrogens is 630 g/mol. The Morgan fingerprint density at radius 1 is 0.720 bits per heavy atom. The van der Waals surface area contributed by atoms with Gasteiger partial charge >= 0.3 is 0 Å². The maximum atomic E-state index is 13.1. The number of phenols is 1. The van der Waals surface area contributed by atoms with Crippen LogP contribution in [0.2, 0.25) is 0 Å². The van der Waals surface area contributed by atoms with Gasteiger partial charge in [-0.3, -0.25) is 19.3 Å². The predicted molar refractivity (Wildman–Crippen MR) is 189 cm³/mol. The molecule has 3 aliphatic rings. The van der Waals surface area contributed by atoms with E-state index in [-0.39, 0.29) is 23.7 Å². The molecule has 0 bridgehead atoms. The lowest BCUT2D eigenvalue weighted by molar-refractivity contribution is -0.123. The van der Waals surface area contributed by atoms with Crippen LogP contribution in [0.1, 0.15) is 86.9 Å². The van der Waals surface area contributed by atoms with Gasteiger partial charge in [-0.05, 0) is 96.3 Å². The van der Waals surface area contributed by atoms with Gasteiger partial charge in [-0.2, -0.15) is 0 Å². The highest BCUT2D eigenvalue weighted by atomic mass is 16.5. The summed E-state index contributed by atoms with van der Waals surface area (Å²) in [5.74, 6) is 1.09. The molecule has 0 unspecified atom stereocenters. The largest absolute Gasteiger partial charge is 0.508 e. The monoisotopic (exact) mass is 671 g/mol. The number of rotatable bonds is 12. The summed E-state index contributed by atoms with van der Waals surface area (Å²) in [6.07, 6.45) is 3.83. The lowest BCUT2D eigenvalue weighted by Crippen LogP contribution is -2.46. The lowest BCUT2D eigenvalue weighted by Gasteiger charge is -2.34. The average molecular weight is 672 g/mol. The first kappa shape index (κ1) is 33.3. The van der Waals surface area contributed by atoms with Gasteiger partial charge in [0.05, 0.1) is 30.4 Å². The minimum atomic E-state index is -0.734. The number of Topliss-reactive ketones (excluding diaryl/α,β-unsaturated/α-hetero) is 1. The fourth-order valence-corrected chi connectivity index (χ4v) is 7.56. The summed E-state index contributed by atoms with van der Waals surface area (Å²) in [7, 11) is 0. The zero-order chi connectivity index (χ0) is 34.6. The summed E-state index contributed by atoms with van der Waals surface area (Å²) in [5.41, 5.74) is 6.42. The van der Waals surface area contributed by atoms with Crippen LogP contribution in [-0.4, -0.2) is 60.1 Å². The van der Waals surface area contributed by atoms with E-state index in [4.69, 9.17) is 14.2 Å². The Kier molecular flexibility index (Phi) is 9.81. The van der Waals surface area contributed by atoms with Crippen LogP contribution in [-0.2, 0) is 16.0 Å². The molecule has 3 atom stereocenters. The van der Waals surface area contributed by atoms with E-state index in [1.54, 1.807) is 24.3 Å². The predicted octanol–water partition coefficient (Wildman–Crippen LogP) is 7.39. The number of phenolic OH excluding ortho intramolecular Hbond substituents is 1. The van der Waals surface area contributed by atoms with E-state index < -0.39 is 17.9 Å². The number of carbonyl (C=O) groups is 3. The number of fused-ring (bicyclic) bond motifs is 2. The molecule has 0 aromatic heterocycles. The Hall–Kier alpha value is -5.21. The number of benzene rings is 4. The number of hydrogen-bond acceptors (Lipinski definition) is 7. The minimum absolute atomic E-state index is 0.142. The first-order valence-electron chi connectivity index (χ1n) is 17.4. The molecule has 4 aromatic carbocycles. The smallest absolute Gasteiger partial charge is 0.262 e. The van der Waals surface area contributed by atoms with Crippen LogP contribution in [0.25, 0.3) is 0 Å². The number of carbonyl (C=O) groups excluding carboxylic acids is 3. The molecule has 0 radical (unpaired) electrons. The average Bonchev–Trinajstić information content (AvgIpc) is 3.37. The number of hydrogen-bond donors (Lipinski definition) is 1. The number of ether oxygens (including phenoxy) is 3. The summed E-state index contributed by atoms with van der Waals surface area (Å²) in [6, 6.07) is 28.9. The van der Waals surface area contributed by atoms with Crippen molar-refractivity contribution in [2.24, 2.45) is 0 Å². The molecule has 1 fully saturated rings. The van der Waals surface area contributed by atoms with Crippen molar-refractivity contribution in [1.82, 2.24) is 4.90 Å². The highest BCUT2D eigenvalue weighted by Crippen LogP contribution is 2.47. The van der Waals surface area contributed by atoms with Gasteiger partial charge in [-0.25, -0.2) is 0 Å². The summed E-state index contributed by atoms with van der Waals surface area (Å²) in [4.78, 5) is 39.7. The number of ketones is 1. The molecule has 50 heavy (non-hydrogen) atoms. The molecule has 1 heterocycles. The Morgan fingerprint density at radius 3 is 2.28 bits per heavy atom. The normalized spacial score (nSPS) is 20.1. The van der Waals surface area contributed by atoms with E-state index in [0.29, 0.717) is 68.7 Å². The van der Waals surface area contributed by atoms with Crippen molar-refractivity contribution in [3.8, 4) is 17.2 Å². The first-order chi connectivity index (χ1) is 24.4. The Morgan fingerprint density at radius 2 is 1.48 bits per heavy atom. The van der Waals surface area contributed by atoms with Crippen LogP contribution in [0, 0.1) is 0 Å². The summed E-state index contributed by atoms with van der Waals surface area (Å²) in [6.45, 7) is 5.56. The third kappa shape index (κ3) is 6.94. The molecule has 8 heteroatoms. The van der Waals surface area contributed by atoms with E-state index >= 15 is 0 Å². The fraction of sp³-hybridized carbons (Fsp3) is 0.310. The zero-order valence-corrected chi connectivity index (χ0v) is 28.0. The fourth-order valence-electron chi connectivity index (χ4n) is 7.56. The van der Waals surface area contributed by atoms with Crippen molar-refractivity contribution in [2.75, 3.05) is 26.4 Å². The summed E-state index contributed by atoms with van der Waals surface area (Å²) >= 11 is 0. The van der Waals surface area contributed by atoms with Gasteiger partial charge in [0.15, 0.2) is 5.78 Å². The second kappa shape index (κ2) is 14.7. The SMILES string of the molecule is C=C1CC[C@H](N2C(=O)c3ccc(OCCCOCCOc4ccc([C@@H]5c6ccc(O)cc6CC[C@@H]5c5ccccc5)cc4)cc3C2=O)C(=O)C1. The molecule has 0 spiro atoms. The first-order valence-corrected chi connectivity index (χ1v) is 17.4. The highest BCUT2D eigenvalue weighted by molar-refractivity contribution is 6.23. The maximum absolute atomic E-state index is 13.1. The standard InChI is InChI=1S/C42H41NO7/c1-27-8-19-38(39(45)24-27)43-41(46)36-18-15-33(26-37(36)42(43)47)49-21-5-20-48-22-23-50-32-13-9-29(10-14-32)40-34(28-6-3-2-4-7-28)16-11-30-25-31(44)12-17-35(30)40/h2-4,6-7,9-10,12-15,17-18,25-26,34,38,40,44H,1,5,8,11,16,19-24H2/t34-,38+,40+/m1/s1. The van der Waals surface area contributed by atoms with E-state index in [2.05, 4.69) is 55.1 Å².